The number of hydrogen-bond acceptors (Lipinski definition) is 4. The highest BCUT2D eigenvalue weighted by atomic mass is 16.5. The Morgan fingerprint density at radius 1 is 0.707 bits per heavy atom. The molecule has 6 atom stereocenters. The summed E-state index contributed by atoms with van der Waals surface area (Å²) in [6, 6.07) is 28.4. The molecule has 5 aromatic carbocycles. The van der Waals surface area contributed by atoms with Gasteiger partial charge in [0.2, 0.25) is 0 Å². The Bertz CT molecular complexity index is 1820. The van der Waals surface area contributed by atoms with Crippen molar-refractivity contribution in [2.24, 2.45) is 23.7 Å². The number of fused-ring (bicyclic) bond motifs is 6. The standard InChI is InChI=1S/C37H36O4/c1-4-21(2)36(38)41-35-20-32-18-33(35)19-34(32)37(39)40-22(3)23-9-10-26-14-30-16-28-12-24-7-5-6-8-25(24)13-29(28)17-31(30)15-27(26)11-23/h5-17,21-22,32-35H,4,18-20H2,1-3H3. The molecule has 41 heavy (non-hydrogen) atoms. The van der Waals surface area contributed by atoms with Gasteiger partial charge in [0.15, 0.2) is 0 Å². The second-order valence-corrected chi connectivity index (χ2v) is 12.4. The van der Waals surface area contributed by atoms with E-state index >= 15 is 0 Å². The van der Waals surface area contributed by atoms with Gasteiger partial charge in [0.25, 0.3) is 0 Å². The van der Waals surface area contributed by atoms with E-state index in [0.29, 0.717) is 0 Å². The van der Waals surface area contributed by atoms with Gasteiger partial charge in [-0.05, 0) is 136 Å². The number of ether oxygens (including phenoxy) is 2. The van der Waals surface area contributed by atoms with E-state index in [2.05, 4.69) is 78.9 Å². The monoisotopic (exact) mass is 544 g/mol. The summed E-state index contributed by atoms with van der Waals surface area (Å²) in [7, 11) is 0. The number of rotatable bonds is 6. The molecule has 7 rings (SSSR count). The van der Waals surface area contributed by atoms with Crippen molar-refractivity contribution in [2.75, 3.05) is 0 Å². The first-order valence-corrected chi connectivity index (χ1v) is 15.1. The normalized spacial score (nSPS) is 23.3. The van der Waals surface area contributed by atoms with Crippen LogP contribution in [0.15, 0.2) is 78.9 Å². The van der Waals surface area contributed by atoms with Crippen LogP contribution in [-0.4, -0.2) is 18.0 Å². The van der Waals surface area contributed by atoms with Crippen molar-refractivity contribution in [3.05, 3.63) is 84.4 Å². The van der Waals surface area contributed by atoms with Gasteiger partial charge in [0.05, 0.1) is 11.8 Å². The second kappa shape index (κ2) is 10.2. The lowest BCUT2D eigenvalue weighted by molar-refractivity contribution is -0.160. The summed E-state index contributed by atoms with van der Waals surface area (Å²) in [6.45, 7) is 5.87. The van der Waals surface area contributed by atoms with E-state index in [0.717, 1.165) is 36.6 Å². The van der Waals surface area contributed by atoms with E-state index in [9.17, 15) is 9.59 Å². The SMILES string of the molecule is CCC(C)C(=O)OC1CC2CC1CC2C(=O)OC(C)c1ccc2cc3cc4cc5ccccc5cc4cc3cc2c1. The summed E-state index contributed by atoms with van der Waals surface area (Å²) in [5.74, 6) is 0.107. The lowest BCUT2D eigenvalue weighted by atomic mass is 9.87. The highest BCUT2D eigenvalue weighted by molar-refractivity contribution is 6.08. The van der Waals surface area contributed by atoms with E-state index in [1.807, 2.05) is 20.8 Å². The minimum atomic E-state index is -0.330. The van der Waals surface area contributed by atoms with Gasteiger partial charge in [0.1, 0.15) is 12.2 Å². The molecule has 0 aliphatic heterocycles. The van der Waals surface area contributed by atoms with Crippen LogP contribution in [0.4, 0.5) is 0 Å². The zero-order valence-electron chi connectivity index (χ0n) is 23.9. The molecule has 208 valence electrons. The molecular formula is C37H36O4. The predicted molar refractivity (Wildman–Crippen MR) is 165 cm³/mol. The third kappa shape index (κ3) is 4.73. The fourth-order valence-corrected chi connectivity index (χ4v) is 7.13. The molecule has 0 amide bonds. The molecule has 0 radical (unpaired) electrons. The van der Waals surface area contributed by atoms with Crippen LogP contribution in [0, 0.1) is 23.7 Å². The average molecular weight is 545 g/mol. The quantitative estimate of drug-likeness (QED) is 0.158. The van der Waals surface area contributed by atoms with Crippen LogP contribution in [0.25, 0.3) is 43.1 Å². The van der Waals surface area contributed by atoms with Crippen LogP contribution in [0.1, 0.15) is 58.1 Å². The Morgan fingerprint density at radius 3 is 1.83 bits per heavy atom. The van der Waals surface area contributed by atoms with E-state index in [-0.39, 0.29) is 47.8 Å². The molecule has 0 spiro atoms. The van der Waals surface area contributed by atoms with Crippen molar-refractivity contribution in [1.29, 1.82) is 0 Å². The van der Waals surface area contributed by atoms with Gasteiger partial charge in [-0.25, -0.2) is 0 Å². The third-order valence-corrected chi connectivity index (χ3v) is 9.78. The minimum absolute atomic E-state index is 0.0471. The van der Waals surface area contributed by atoms with Crippen molar-refractivity contribution in [3.63, 3.8) is 0 Å². The summed E-state index contributed by atoms with van der Waals surface area (Å²) in [5.41, 5.74) is 1.00. The summed E-state index contributed by atoms with van der Waals surface area (Å²) in [5, 5.41) is 9.71. The molecule has 4 heteroatoms. The van der Waals surface area contributed by atoms with E-state index in [1.165, 1.54) is 37.7 Å². The maximum atomic E-state index is 13.2. The maximum absolute atomic E-state index is 13.2. The third-order valence-electron chi connectivity index (χ3n) is 9.78. The fraction of sp³-hybridized carbons (Fsp3) is 0.351. The first-order valence-electron chi connectivity index (χ1n) is 15.1. The first kappa shape index (κ1) is 26.0. The Kier molecular flexibility index (Phi) is 6.45. The van der Waals surface area contributed by atoms with Crippen LogP contribution in [0.2, 0.25) is 0 Å². The van der Waals surface area contributed by atoms with Crippen LogP contribution in [-0.2, 0) is 19.1 Å². The fourth-order valence-electron chi connectivity index (χ4n) is 7.13. The smallest absolute Gasteiger partial charge is 0.309 e. The Morgan fingerprint density at radius 2 is 1.27 bits per heavy atom. The zero-order valence-corrected chi connectivity index (χ0v) is 23.9. The molecule has 2 aliphatic carbocycles. The molecule has 0 aromatic heterocycles. The van der Waals surface area contributed by atoms with E-state index in [1.54, 1.807) is 0 Å². The topological polar surface area (TPSA) is 52.6 Å². The number of esters is 2. The number of carbonyl (C=O) groups is 2. The number of benzene rings is 5. The molecule has 4 nitrogen and oxygen atoms in total. The lowest BCUT2D eigenvalue weighted by Gasteiger charge is -2.28. The molecular weight excluding hydrogens is 508 g/mol. The number of hydrogen-bond donors (Lipinski definition) is 0. The summed E-state index contributed by atoms with van der Waals surface area (Å²) in [6.07, 6.45) is 2.88. The van der Waals surface area contributed by atoms with Gasteiger partial charge in [-0.1, -0.05) is 50.2 Å². The Labute approximate surface area is 240 Å². The van der Waals surface area contributed by atoms with E-state index < -0.39 is 0 Å². The van der Waals surface area contributed by atoms with Crippen molar-refractivity contribution >= 4 is 55.0 Å². The molecule has 2 bridgehead atoms. The Hall–Kier alpha value is -3.92. The van der Waals surface area contributed by atoms with Crippen LogP contribution >= 0.6 is 0 Å². The molecule has 2 fully saturated rings. The van der Waals surface area contributed by atoms with Crippen LogP contribution in [0.3, 0.4) is 0 Å². The highest BCUT2D eigenvalue weighted by Crippen LogP contribution is 2.50. The van der Waals surface area contributed by atoms with Crippen molar-refractivity contribution < 1.29 is 19.1 Å². The van der Waals surface area contributed by atoms with Crippen LogP contribution < -0.4 is 0 Å². The molecule has 0 N–H and O–H groups in total. The van der Waals surface area contributed by atoms with Gasteiger partial charge >= 0.3 is 11.9 Å². The van der Waals surface area contributed by atoms with Crippen molar-refractivity contribution in [3.8, 4) is 0 Å². The molecule has 0 saturated heterocycles. The van der Waals surface area contributed by atoms with Crippen molar-refractivity contribution in [2.45, 2.75) is 58.7 Å². The maximum Gasteiger partial charge on any atom is 0.309 e. The predicted octanol–water partition coefficient (Wildman–Crippen LogP) is 8.91. The van der Waals surface area contributed by atoms with Crippen molar-refractivity contribution in [1.82, 2.24) is 0 Å². The van der Waals surface area contributed by atoms with Gasteiger partial charge in [0, 0.05) is 0 Å². The summed E-state index contributed by atoms with van der Waals surface area (Å²) in [4.78, 5) is 25.5. The average Bonchev–Trinajstić information content (AvgIpc) is 3.58. The first-order chi connectivity index (χ1) is 19.9. The molecule has 2 saturated carbocycles. The second-order valence-electron chi connectivity index (χ2n) is 12.4. The summed E-state index contributed by atoms with van der Waals surface area (Å²) < 4.78 is 11.8. The van der Waals surface area contributed by atoms with Crippen LogP contribution in [0.5, 0.6) is 0 Å². The van der Waals surface area contributed by atoms with Gasteiger partial charge in [-0.3, -0.25) is 9.59 Å². The minimum Gasteiger partial charge on any atom is -0.462 e. The highest BCUT2D eigenvalue weighted by Gasteiger charge is 2.51. The van der Waals surface area contributed by atoms with Gasteiger partial charge in [-0.15, -0.1) is 0 Å². The number of carbonyl (C=O) groups excluding carboxylic acids is 2. The Balaban J connectivity index is 1.08. The van der Waals surface area contributed by atoms with Gasteiger partial charge in [-0.2, -0.15) is 0 Å². The van der Waals surface area contributed by atoms with E-state index in [4.69, 9.17) is 9.47 Å². The van der Waals surface area contributed by atoms with Gasteiger partial charge < -0.3 is 9.47 Å². The molecule has 2 aliphatic rings. The largest absolute Gasteiger partial charge is 0.462 e. The molecule has 0 heterocycles. The zero-order chi connectivity index (χ0) is 28.2. The summed E-state index contributed by atoms with van der Waals surface area (Å²) >= 11 is 0. The molecule has 6 unspecified atom stereocenters. The lowest BCUT2D eigenvalue weighted by Crippen LogP contribution is -2.32. The molecule has 5 aromatic rings.